The minimum absolute atomic E-state index is 0.00655. The highest BCUT2D eigenvalue weighted by molar-refractivity contribution is 6.34. The monoisotopic (exact) mass is 240 g/mol. The van der Waals surface area contributed by atoms with E-state index in [0.717, 1.165) is 0 Å². The third-order valence-electron chi connectivity index (χ3n) is 2.75. The SMILES string of the molecule is Nc1cccc(Cl)c1N1CC(CO)CC1=O. The number of nitrogen functional groups attached to an aromatic ring is 1. The van der Waals surface area contributed by atoms with Crippen LogP contribution < -0.4 is 10.6 Å². The van der Waals surface area contributed by atoms with Crippen LogP contribution in [0.1, 0.15) is 6.42 Å². The van der Waals surface area contributed by atoms with Gasteiger partial charge in [-0.3, -0.25) is 4.79 Å². The van der Waals surface area contributed by atoms with Crippen molar-refractivity contribution in [3.8, 4) is 0 Å². The number of aliphatic hydroxyl groups excluding tert-OH is 1. The second kappa shape index (κ2) is 4.31. The number of aliphatic hydroxyl groups is 1. The second-order valence-corrected chi connectivity index (χ2v) is 4.34. The Morgan fingerprint density at radius 3 is 2.88 bits per heavy atom. The molecule has 0 spiro atoms. The van der Waals surface area contributed by atoms with Crippen LogP contribution in [0.25, 0.3) is 0 Å². The van der Waals surface area contributed by atoms with Gasteiger partial charge in [-0.2, -0.15) is 0 Å². The van der Waals surface area contributed by atoms with Crippen LogP contribution in [0.4, 0.5) is 11.4 Å². The Labute approximate surface area is 98.6 Å². The molecule has 1 unspecified atom stereocenters. The molecule has 1 fully saturated rings. The molecule has 2 rings (SSSR count). The highest BCUT2D eigenvalue weighted by Gasteiger charge is 2.32. The van der Waals surface area contributed by atoms with Crippen molar-refractivity contribution in [1.29, 1.82) is 0 Å². The van der Waals surface area contributed by atoms with E-state index >= 15 is 0 Å². The summed E-state index contributed by atoms with van der Waals surface area (Å²) in [4.78, 5) is 13.3. The Bertz CT molecular complexity index is 402. The fourth-order valence-electron chi connectivity index (χ4n) is 1.94. The summed E-state index contributed by atoms with van der Waals surface area (Å²) in [5, 5.41) is 9.51. The summed E-state index contributed by atoms with van der Waals surface area (Å²) >= 11 is 6.03. The molecule has 3 N–H and O–H groups in total. The van der Waals surface area contributed by atoms with E-state index in [0.29, 0.717) is 29.4 Å². The van der Waals surface area contributed by atoms with Gasteiger partial charge in [-0.1, -0.05) is 17.7 Å². The maximum atomic E-state index is 11.7. The summed E-state index contributed by atoms with van der Waals surface area (Å²) in [6, 6.07) is 5.15. The van der Waals surface area contributed by atoms with Gasteiger partial charge >= 0.3 is 0 Å². The number of benzene rings is 1. The Kier molecular flexibility index (Phi) is 3.03. The molecule has 1 aliphatic rings. The van der Waals surface area contributed by atoms with E-state index in [9.17, 15) is 4.79 Å². The third kappa shape index (κ3) is 1.86. The first kappa shape index (κ1) is 11.2. The van der Waals surface area contributed by atoms with Crippen molar-refractivity contribution in [2.24, 2.45) is 5.92 Å². The average Bonchev–Trinajstić information content (AvgIpc) is 2.60. The summed E-state index contributed by atoms with van der Waals surface area (Å²) in [5.41, 5.74) is 6.86. The summed E-state index contributed by atoms with van der Waals surface area (Å²) < 4.78 is 0. The maximum Gasteiger partial charge on any atom is 0.227 e. The van der Waals surface area contributed by atoms with Gasteiger partial charge in [-0.15, -0.1) is 0 Å². The van der Waals surface area contributed by atoms with Crippen molar-refractivity contribution < 1.29 is 9.90 Å². The zero-order valence-electron chi connectivity index (χ0n) is 8.69. The van der Waals surface area contributed by atoms with Gasteiger partial charge < -0.3 is 15.7 Å². The molecule has 16 heavy (non-hydrogen) atoms. The molecule has 1 atom stereocenters. The van der Waals surface area contributed by atoms with E-state index in [2.05, 4.69) is 0 Å². The van der Waals surface area contributed by atoms with E-state index < -0.39 is 0 Å². The van der Waals surface area contributed by atoms with Crippen molar-refractivity contribution in [3.05, 3.63) is 23.2 Å². The molecule has 1 aliphatic heterocycles. The molecular formula is C11H13ClN2O2. The largest absolute Gasteiger partial charge is 0.397 e. The van der Waals surface area contributed by atoms with Crippen LogP contribution in [0, 0.1) is 5.92 Å². The van der Waals surface area contributed by atoms with Gasteiger partial charge in [0.1, 0.15) is 0 Å². The standard InChI is InChI=1S/C11H13ClN2O2/c12-8-2-1-3-9(13)11(8)14-5-7(6-15)4-10(14)16/h1-3,7,15H,4-6,13H2. The van der Waals surface area contributed by atoms with Crippen molar-refractivity contribution >= 4 is 28.9 Å². The smallest absolute Gasteiger partial charge is 0.227 e. The Hall–Kier alpha value is -1.26. The van der Waals surface area contributed by atoms with Gasteiger partial charge in [0.25, 0.3) is 0 Å². The first-order valence-corrected chi connectivity index (χ1v) is 5.46. The zero-order valence-corrected chi connectivity index (χ0v) is 9.44. The fraction of sp³-hybridized carbons (Fsp3) is 0.364. The Morgan fingerprint density at radius 1 is 1.56 bits per heavy atom. The predicted octanol–water partition coefficient (Wildman–Crippen LogP) is 1.27. The number of nitrogens with two attached hydrogens (primary N) is 1. The molecular weight excluding hydrogens is 228 g/mol. The van der Waals surface area contributed by atoms with Gasteiger partial charge in [0.05, 0.1) is 16.4 Å². The number of nitrogens with zero attached hydrogens (tertiary/aromatic N) is 1. The van der Waals surface area contributed by atoms with E-state index in [4.69, 9.17) is 22.4 Å². The summed E-state index contributed by atoms with van der Waals surface area (Å²) in [6.45, 7) is 0.482. The molecule has 1 amide bonds. The molecule has 1 aromatic rings. The molecule has 0 aliphatic carbocycles. The molecule has 1 saturated heterocycles. The van der Waals surface area contributed by atoms with Crippen molar-refractivity contribution in [2.45, 2.75) is 6.42 Å². The lowest BCUT2D eigenvalue weighted by Crippen LogP contribution is -2.26. The highest BCUT2D eigenvalue weighted by Crippen LogP contribution is 2.35. The topological polar surface area (TPSA) is 66.6 Å². The van der Waals surface area contributed by atoms with Crippen LogP contribution >= 0.6 is 11.6 Å². The van der Waals surface area contributed by atoms with E-state index in [1.807, 2.05) is 0 Å². The number of para-hydroxylation sites is 1. The Morgan fingerprint density at radius 2 is 2.31 bits per heavy atom. The number of hydrogen-bond donors (Lipinski definition) is 2. The number of halogens is 1. The van der Waals surface area contributed by atoms with Crippen LogP contribution in [0.2, 0.25) is 5.02 Å². The molecule has 0 aromatic heterocycles. The van der Waals surface area contributed by atoms with Gasteiger partial charge in [0.15, 0.2) is 0 Å². The van der Waals surface area contributed by atoms with Crippen molar-refractivity contribution in [3.63, 3.8) is 0 Å². The normalized spacial score (nSPS) is 20.5. The summed E-state index contributed by atoms with van der Waals surface area (Å²) in [5.74, 6) is -0.0676. The number of amides is 1. The first-order chi connectivity index (χ1) is 7.63. The fourth-order valence-corrected chi connectivity index (χ4v) is 2.22. The van der Waals surface area contributed by atoms with Gasteiger partial charge in [0.2, 0.25) is 5.91 Å². The lowest BCUT2D eigenvalue weighted by atomic mass is 10.1. The lowest BCUT2D eigenvalue weighted by molar-refractivity contribution is -0.117. The number of anilines is 2. The summed E-state index contributed by atoms with van der Waals surface area (Å²) in [7, 11) is 0. The number of rotatable bonds is 2. The van der Waals surface area contributed by atoms with Crippen molar-refractivity contribution in [2.75, 3.05) is 23.8 Å². The number of carbonyl (C=O) groups excluding carboxylic acids is 1. The van der Waals surface area contributed by atoms with Crippen LogP contribution in [0.15, 0.2) is 18.2 Å². The second-order valence-electron chi connectivity index (χ2n) is 3.93. The van der Waals surface area contributed by atoms with Crippen LogP contribution in [-0.2, 0) is 4.79 Å². The van der Waals surface area contributed by atoms with Gasteiger partial charge in [-0.25, -0.2) is 0 Å². The molecule has 1 aromatic carbocycles. The molecule has 4 nitrogen and oxygen atoms in total. The van der Waals surface area contributed by atoms with E-state index in [1.54, 1.807) is 23.1 Å². The number of carbonyl (C=O) groups is 1. The predicted molar refractivity (Wildman–Crippen MR) is 63.4 cm³/mol. The molecule has 0 bridgehead atoms. The zero-order chi connectivity index (χ0) is 11.7. The first-order valence-electron chi connectivity index (χ1n) is 5.08. The van der Waals surface area contributed by atoms with Crippen molar-refractivity contribution in [1.82, 2.24) is 0 Å². The summed E-state index contributed by atoms with van der Waals surface area (Å²) in [6.07, 6.45) is 0.348. The minimum Gasteiger partial charge on any atom is -0.397 e. The molecule has 0 saturated carbocycles. The van der Waals surface area contributed by atoms with Crippen LogP contribution in [-0.4, -0.2) is 24.2 Å². The number of hydrogen-bond acceptors (Lipinski definition) is 3. The molecule has 5 heteroatoms. The third-order valence-corrected chi connectivity index (χ3v) is 3.06. The Balaban J connectivity index is 2.35. The van der Waals surface area contributed by atoms with Crippen LogP contribution in [0.5, 0.6) is 0 Å². The van der Waals surface area contributed by atoms with Crippen LogP contribution in [0.3, 0.4) is 0 Å². The molecule has 1 heterocycles. The minimum atomic E-state index is -0.0427. The average molecular weight is 241 g/mol. The quantitative estimate of drug-likeness (QED) is 0.765. The lowest BCUT2D eigenvalue weighted by Gasteiger charge is -2.19. The van der Waals surface area contributed by atoms with Gasteiger partial charge in [0, 0.05) is 25.5 Å². The van der Waals surface area contributed by atoms with Gasteiger partial charge in [-0.05, 0) is 12.1 Å². The highest BCUT2D eigenvalue weighted by atomic mass is 35.5. The van der Waals surface area contributed by atoms with E-state index in [-0.39, 0.29) is 18.4 Å². The molecule has 86 valence electrons. The maximum absolute atomic E-state index is 11.7. The van der Waals surface area contributed by atoms with E-state index in [1.165, 1.54) is 0 Å². The molecule has 0 radical (unpaired) electrons.